The van der Waals surface area contributed by atoms with Gasteiger partial charge in [0.25, 0.3) is 0 Å². The highest BCUT2D eigenvalue weighted by Crippen LogP contribution is 2.29. The molecule has 1 fully saturated rings. The molecule has 4 heteroatoms. The minimum atomic E-state index is -0.662. The minimum Gasteiger partial charge on any atom is -0.370 e. The highest BCUT2D eigenvalue weighted by atomic mass is 32.1. The van der Waals surface area contributed by atoms with Crippen molar-refractivity contribution < 1.29 is 9.53 Å². The molecule has 1 aromatic heterocycles. The van der Waals surface area contributed by atoms with Crippen LogP contribution in [0.2, 0.25) is 0 Å². The maximum atomic E-state index is 12.1. The first-order valence-corrected chi connectivity index (χ1v) is 6.20. The van der Waals surface area contributed by atoms with Crippen molar-refractivity contribution in [2.75, 3.05) is 6.61 Å². The van der Waals surface area contributed by atoms with E-state index in [1.165, 1.54) is 11.3 Å². The van der Waals surface area contributed by atoms with Gasteiger partial charge < -0.3 is 4.74 Å². The fraction of sp³-hybridized carbons (Fsp3) is 0.500. The zero-order chi connectivity index (χ0) is 11.5. The predicted molar refractivity (Wildman–Crippen MR) is 61.2 cm³/mol. The van der Waals surface area contributed by atoms with E-state index >= 15 is 0 Å². The van der Waals surface area contributed by atoms with Crippen LogP contribution in [0.15, 0.2) is 17.5 Å². The first-order chi connectivity index (χ1) is 7.74. The van der Waals surface area contributed by atoms with Gasteiger partial charge in [-0.2, -0.15) is 5.26 Å². The molecule has 0 N–H and O–H groups in total. The van der Waals surface area contributed by atoms with Gasteiger partial charge in [-0.05, 0) is 23.8 Å². The second-order valence-corrected chi connectivity index (χ2v) is 5.02. The van der Waals surface area contributed by atoms with Crippen LogP contribution >= 0.6 is 11.3 Å². The van der Waals surface area contributed by atoms with Crippen LogP contribution in [-0.2, 0) is 9.53 Å². The van der Waals surface area contributed by atoms with Crippen molar-refractivity contribution in [1.82, 2.24) is 0 Å². The maximum absolute atomic E-state index is 12.1. The molecule has 1 aliphatic heterocycles. The first kappa shape index (κ1) is 11.3. The largest absolute Gasteiger partial charge is 0.370 e. The van der Waals surface area contributed by atoms with E-state index < -0.39 is 12.0 Å². The van der Waals surface area contributed by atoms with Gasteiger partial charge in [0.1, 0.15) is 12.0 Å². The Bertz CT molecular complexity index is 407. The number of rotatable bonds is 3. The molecule has 2 heterocycles. The van der Waals surface area contributed by atoms with E-state index in [1.54, 1.807) is 0 Å². The normalized spacial score (nSPS) is 26.2. The third-order valence-electron chi connectivity index (χ3n) is 2.91. The second-order valence-electron chi connectivity index (χ2n) is 4.04. The van der Waals surface area contributed by atoms with Gasteiger partial charge in [0.05, 0.1) is 6.07 Å². The first-order valence-electron chi connectivity index (χ1n) is 5.32. The van der Waals surface area contributed by atoms with Crippen molar-refractivity contribution in [1.29, 1.82) is 5.26 Å². The van der Waals surface area contributed by atoms with Crippen LogP contribution in [0.4, 0.5) is 0 Å². The molecule has 0 amide bonds. The van der Waals surface area contributed by atoms with Crippen LogP contribution in [0.25, 0.3) is 0 Å². The highest BCUT2D eigenvalue weighted by molar-refractivity contribution is 7.10. The van der Waals surface area contributed by atoms with Crippen LogP contribution in [0.5, 0.6) is 0 Å². The van der Waals surface area contributed by atoms with Crippen molar-refractivity contribution >= 4 is 17.1 Å². The zero-order valence-corrected chi connectivity index (χ0v) is 9.87. The Labute approximate surface area is 98.7 Å². The molecule has 0 aliphatic carbocycles. The third-order valence-corrected chi connectivity index (χ3v) is 3.85. The number of ether oxygens (including phenoxy) is 1. The molecule has 0 aromatic carbocycles. The molecule has 3 unspecified atom stereocenters. The predicted octanol–water partition coefficient (Wildman–Crippen LogP) is 2.35. The Morgan fingerprint density at radius 1 is 1.75 bits per heavy atom. The quantitative estimate of drug-likeness (QED) is 0.808. The molecule has 3 atom stereocenters. The number of nitrogens with zero attached hydrogens (tertiary/aromatic N) is 1. The van der Waals surface area contributed by atoms with Crippen molar-refractivity contribution in [3.63, 3.8) is 0 Å². The van der Waals surface area contributed by atoms with E-state index in [9.17, 15) is 4.79 Å². The van der Waals surface area contributed by atoms with Gasteiger partial charge in [0, 0.05) is 11.5 Å². The summed E-state index contributed by atoms with van der Waals surface area (Å²) >= 11 is 1.45. The summed E-state index contributed by atoms with van der Waals surface area (Å²) in [4.78, 5) is 13.0. The number of carbonyl (C=O) groups excluding carboxylic acids is 1. The maximum Gasteiger partial charge on any atom is 0.184 e. The number of nitriles is 1. The van der Waals surface area contributed by atoms with E-state index in [-0.39, 0.29) is 11.7 Å². The summed E-state index contributed by atoms with van der Waals surface area (Å²) in [6.07, 6.45) is 0.505. The lowest BCUT2D eigenvalue weighted by Crippen LogP contribution is -2.29. The molecule has 0 radical (unpaired) electrons. The summed E-state index contributed by atoms with van der Waals surface area (Å²) in [5.74, 6) is -0.524. The smallest absolute Gasteiger partial charge is 0.184 e. The van der Waals surface area contributed by atoms with E-state index in [0.717, 1.165) is 11.3 Å². The Morgan fingerprint density at radius 3 is 3.06 bits per heavy atom. The van der Waals surface area contributed by atoms with Gasteiger partial charge in [0.2, 0.25) is 0 Å². The lowest BCUT2D eigenvalue weighted by atomic mass is 9.92. The third kappa shape index (κ3) is 2.01. The SMILES string of the molecule is CC1CCOC1C(=O)C(C#N)c1cccs1. The summed E-state index contributed by atoms with van der Waals surface area (Å²) in [6.45, 7) is 2.62. The van der Waals surface area contributed by atoms with Gasteiger partial charge in [-0.1, -0.05) is 13.0 Å². The lowest BCUT2D eigenvalue weighted by Gasteiger charge is -2.15. The molecule has 0 spiro atoms. The zero-order valence-electron chi connectivity index (χ0n) is 9.05. The van der Waals surface area contributed by atoms with E-state index in [1.807, 2.05) is 24.4 Å². The lowest BCUT2D eigenvalue weighted by molar-refractivity contribution is -0.129. The molecular formula is C12H13NO2S. The van der Waals surface area contributed by atoms with Crippen molar-refractivity contribution in [3.05, 3.63) is 22.4 Å². The molecule has 0 saturated carbocycles. The summed E-state index contributed by atoms with van der Waals surface area (Å²) in [6, 6.07) is 5.77. The number of Topliss-reactive ketones (excluding diaryl/α,β-unsaturated/α-hetero) is 1. The summed E-state index contributed by atoms with van der Waals surface area (Å²) in [5, 5.41) is 11.0. The van der Waals surface area contributed by atoms with E-state index in [4.69, 9.17) is 10.00 Å². The van der Waals surface area contributed by atoms with Crippen LogP contribution < -0.4 is 0 Å². The fourth-order valence-corrected chi connectivity index (χ4v) is 2.72. The molecule has 0 bridgehead atoms. The highest BCUT2D eigenvalue weighted by Gasteiger charge is 2.36. The standard InChI is InChI=1S/C12H13NO2S/c1-8-4-5-15-12(8)11(14)9(7-13)10-3-2-6-16-10/h2-3,6,8-9,12H,4-5H2,1H3. The number of hydrogen-bond donors (Lipinski definition) is 0. The molecule has 2 rings (SSSR count). The van der Waals surface area contributed by atoms with Gasteiger partial charge in [-0.15, -0.1) is 11.3 Å². The summed E-state index contributed by atoms with van der Waals surface area (Å²) < 4.78 is 5.41. The average molecular weight is 235 g/mol. The number of thiophene rings is 1. The molecule has 1 aliphatic rings. The monoisotopic (exact) mass is 235 g/mol. The van der Waals surface area contributed by atoms with Gasteiger partial charge >= 0.3 is 0 Å². The minimum absolute atomic E-state index is 0.0880. The van der Waals surface area contributed by atoms with Gasteiger partial charge in [0.15, 0.2) is 5.78 Å². The average Bonchev–Trinajstić information content (AvgIpc) is 2.90. The Morgan fingerprint density at radius 2 is 2.56 bits per heavy atom. The molecule has 1 saturated heterocycles. The van der Waals surface area contributed by atoms with Crippen molar-refractivity contribution in [2.24, 2.45) is 5.92 Å². The number of ketones is 1. The Kier molecular flexibility index (Phi) is 3.37. The Hall–Kier alpha value is -1.18. The van der Waals surface area contributed by atoms with Crippen LogP contribution in [0.3, 0.4) is 0 Å². The number of carbonyl (C=O) groups is 1. The number of hydrogen-bond acceptors (Lipinski definition) is 4. The van der Waals surface area contributed by atoms with Gasteiger partial charge in [-0.25, -0.2) is 0 Å². The topological polar surface area (TPSA) is 50.1 Å². The van der Waals surface area contributed by atoms with E-state index in [2.05, 4.69) is 6.07 Å². The molecule has 84 valence electrons. The molecule has 16 heavy (non-hydrogen) atoms. The summed E-state index contributed by atoms with van der Waals surface area (Å²) in [5.41, 5.74) is 0. The molecule has 1 aromatic rings. The Balaban J connectivity index is 2.17. The second kappa shape index (κ2) is 4.77. The van der Waals surface area contributed by atoms with Crippen LogP contribution in [0.1, 0.15) is 24.1 Å². The fourth-order valence-electron chi connectivity index (χ4n) is 1.95. The molecular weight excluding hydrogens is 222 g/mol. The summed E-state index contributed by atoms with van der Waals surface area (Å²) in [7, 11) is 0. The van der Waals surface area contributed by atoms with Crippen LogP contribution in [-0.4, -0.2) is 18.5 Å². The molecule has 3 nitrogen and oxygen atoms in total. The van der Waals surface area contributed by atoms with Crippen LogP contribution in [0, 0.1) is 17.2 Å². The van der Waals surface area contributed by atoms with Gasteiger partial charge in [-0.3, -0.25) is 4.79 Å². The van der Waals surface area contributed by atoms with E-state index in [0.29, 0.717) is 6.61 Å². The van der Waals surface area contributed by atoms with Crippen molar-refractivity contribution in [3.8, 4) is 6.07 Å². The van der Waals surface area contributed by atoms with Crippen molar-refractivity contribution in [2.45, 2.75) is 25.4 Å².